The van der Waals surface area contributed by atoms with Crippen molar-refractivity contribution in [3.63, 3.8) is 0 Å². The van der Waals surface area contributed by atoms with Crippen molar-refractivity contribution in [1.29, 1.82) is 0 Å². The first-order valence-electron chi connectivity index (χ1n) is 9.00. The fourth-order valence-corrected chi connectivity index (χ4v) is 4.20. The zero-order valence-electron chi connectivity index (χ0n) is 14.8. The Bertz CT molecular complexity index is 879. The van der Waals surface area contributed by atoms with Gasteiger partial charge in [0.2, 0.25) is 5.16 Å². The van der Waals surface area contributed by atoms with Crippen molar-refractivity contribution < 1.29 is 9.53 Å². The number of hydrogen-bond donors (Lipinski definition) is 0. The molecule has 2 heterocycles. The molecule has 2 atom stereocenters. The van der Waals surface area contributed by atoms with Crippen LogP contribution >= 0.6 is 11.8 Å². The predicted molar refractivity (Wildman–Crippen MR) is 103 cm³/mol. The van der Waals surface area contributed by atoms with Crippen LogP contribution in [-0.2, 0) is 11.3 Å². The number of tetrazole rings is 1. The van der Waals surface area contributed by atoms with Crippen LogP contribution in [0.3, 0.4) is 0 Å². The van der Waals surface area contributed by atoms with Crippen molar-refractivity contribution >= 4 is 17.5 Å². The molecule has 0 radical (unpaired) electrons. The average molecular weight is 380 g/mol. The standard InChI is InChI=1S/C20H20N4O2S/c25-18(15-8-3-1-4-9-15)19(16-10-5-2-6-11-16)27-20-21-22-23-24(20)14-17-12-7-13-26-17/h1-6,8-11,17,19H,7,12-14H2. The van der Waals surface area contributed by atoms with E-state index in [0.717, 1.165) is 25.0 Å². The third-order valence-corrected chi connectivity index (χ3v) is 5.75. The van der Waals surface area contributed by atoms with E-state index in [9.17, 15) is 4.79 Å². The summed E-state index contributed by atoms with van der Waals surface area (Å²) in [5.74, 6) is 0.0402. The van der Waals surface area contributed by atoms with Crippen molar-refractivity contribution in [3.8, 4) is 0 Å². The highest BCUT2D eigenvalue weighted by molar-refractivity contribution is 8.00. The minimum Gasteiger partial charge on any atom is -0.376 e. The van der Waals surface area contributed by atoms with Gasteiger partial charge in [0.15, 0.2) is 5.78 Å². The Kier molecular flexibility index (Phi) is 5.60. The lowest BCUT2D eigenvalue weighted by Crippen LogP contribution is -2.18. The second kappa shape index (κ2) is 8.45. The van der Waals surface area contributed by atoms with E-state index in [2.05, 4.69) is 15.5 Å². The topological polar surface area (TPSA) is 69.9 Å². The van der Waals surface area contributed by atoms with Gasteiger partial charge in [0.05, 0.1) is 12.6 Å². The molecule has 138 valence electrons. The largest absolute Gasteiger partial charge is 0.376 e. The van der Waals surface area contributed by atoms with E-state index < -0.39 is 5.25 Å². The van der Waals surface area contributed by atoms with Crippen LogP contribution in [0.5, 0.6) is 0 Å². The van der Waals surface area contributed by atoms with Gasteiger partial charge >= 0.3 is 0 Å². The molecule has 2 aromatic carbocycles. The summed E-state index contributed by atoms with van der Waals surface area (Å²) in [6.07, 6.45) is 2.21. The molecule has 2 unspecified atom stereocenters. The minimum absolute atomic E-state index is 0.0402. The van der Waals surface area contributed by atoms with Crippen molar-refractivity contribution in [3.05, 3.63) is 71.8 Å². The fourth-order valence-electron chi connectivity index (χ4n) is 3.14. The Labute approximate surface area is 161 Å². The van der Waals surface area contributed by atoms with Crippen molar-refractivity contribution in [2.45, 2.75) is 35.9 Å². The van der Waals surface area contributed by atoms with Crippen molar-refractivity contribution in [1.82, 2.24) is 20.2 Å². The second-order valence-electron chi connectivity index (χ2n) is 6.42. The number of carbonyl (C=O) groups excluding carboxylic acids is 1. The van der Waals surface area contributed by atoms with Crippen molar-refractivity contribution in [2.75, 3.05) is 6.61 Å². The number of nitrogens with zero attached hydrogens (tertiary/aromatic N) is 4. The first-order valence-corrected chi connectivity index (χ1v) is 9.88. The highest BCUT2D eigenvalue weighted by Gasteiger charge is 2.27. The summed E-state index contributed by atoms with van der Waals surface area (Å²) in [4.78, 5) is 13.2. The Hall–Kier alpha value is -2.51. The van der Waals surface area contributed by atoms with E-state index in [-0.39, 0.29) is 11.9 Å². The summed E-state index contributed by atoms with van der Waals surface area (Å²) in [5.41, 5.74) is 1.61. The number of ether oxygens (including phenoxy) is 1. The highest BCUT2D eigenvalue weighted by atomic mass is 32.2. The van der Waals surface area contributed by atoms with Gasteiger partial charge in [0, 0.05) is 12.2 Å². The molecule has 0 N–H and O–H groups in total. The van der Waals surface area contributed by atoms with Gasteiger partial charge in [-0.1, -0.05) is 72.4 Å². The number of benzene rings is 2. The van der Waals surface area contributed by atoms with E-state index in [1.54, 1.807) is 4.68 Å². The first-order chi connectivity index (χ1) is 13.3. The third-order valence-electron chi connectivity index (χ3n) is 4.52. The molecule has 27 heavy (non-hydrogen) atoms. The van der Waals surface area contributed by atoms with Crippen molar-refractivity contribution in [2.24, 2.45) is 0 Å². The predicted octanol–water partition coefficient (Wildman–Crippen LogP) is 3.57. The maximum absolute atomic E-state index is 13.2. The lowest BCUT2D eigenvalue weighted by atomic mass is 10.0. The summed E-state index contributed by atoms with van der Waals surface area (Å²) >= 11 is 1.38. The number of carbonyl (C=O) groups is 1. The average Bonchev–Trinajstić information content (AvgIpc) is 3.39. The molecule has 1 fully saturated rings. The molecule has 1 aromatic heterocycles. The maximum atomic E-state index is 13.2. The summed E-state index contributed by atoms with van der Waals surface area (Å²) in [6.45, 7) is 1.39. The molecule has 0 spiro atoms. The lowest BCUT2D eigenvalue weighted by Gasteiger charge is -2.16. The van der Waals surface area contributed by atoms with Gasteiger partial charge in [0.1, 0.15) is 5.25 Å². The second-order valence-corrected chi connectivity index (χ2v) is 7.49. The SMILES string of the molecule is O=C(c1ccccc1)C(Sc1nnnn1CC1CCCO1)c1ccccc1. The number of aromatic nitrogens is 4. The quantitative estimate of drug-likeness (QED) is 0.461. The van der Waals surface area contributed by atoms with Crippen LogP contribution in [0.1, 0.15) is 34.0 Å². The molecule has 0 amide bonds. The molecular weight excluding hydrogens is 360 g/mol. The normalized spacial score (nSPS) is 17.7. The van der Waals surface area contributed by atoms with Gasteiger partial charge in [0.25, 0.3) is 0 Å². The molecule has 0 aliphatic carbocycles. The van der Waals surface area contributed by atoms with E-state index >= 15 is 0 Å². The van der Waals surface area contributed by atoms with Crippen LogP contribution in [0.2, 0.25) is 0 Å². The zero-order chi connectivity index (χ0) is 18.5. The smallest absolute Gasteiger partial charge is 0.210 e. The van der Waals surface area contributed by atoms with Gasteiger partial charge in [-0.15, -0.1) is 5.10 Å². The van der Waals surface area contributed by atoms with Gasteiger partial charge in [-0.3, -0.25) is 4.79 Å². The summed E-state index contributed by atoms with van der Waals surface area (Å²) < 4.78 is 7.44. The van der Waals surface area contributed by atoms with Crippen LogP contribution in [0.25, 0.3) is 0 Å². The summed E-state index contributed by atoms with van der Waals surface area (Å²) in [5, 5.41) is 12.3. The summed E-state index contributed by atoms with van der Waals surface area (Å²) in [7, 11) is 0. The molecular formula is C20H20N4O2S. The van der Waals surface area contributed by atoms with E-state index in [0.29, 0.717) is 17.3 Å². The van der Waals surface area contributed by atoms with Crippen LogP contribution in [0.4, 0.5) is 0 Å². The van der Waals surface area contributed by atoms with Gasteiger partial charge < -0.3 is 4.74 Å². The van der Waals surface area contributed by atoms with Crippen LogP contribution in [0, 0.1) is 0 Å². The van der Waals surface area contributed by atoms with E-state index in [4.69, 9.17) is 4.74 Å². The van der Waals surface area contributed by atoms with Crippen LogP contribution in [0.15, 0.2) is 65.8 Å². The fraction of sp³-hybridized carbons (Fsp3) is 0.300. The number of hydrogen-bond acceptors (Lipinski definition) is 6. The molecule has 1 saturated heterocycles. The highest BCUT2D eigenvalue weighted by Crippen LogP contribution is 2.36. The van der Waals surface area contributed by atoms with Gasteiger partial charge in [-0.05, 0) is 28.8 Å². The molecule has 0 bridgehead atoms. The lowest BCUT2D eigenvalue weighted by molar-refractivity contribution is 0.0911. The number of rotatable bonds is 7. The monoisotopic (exact) mass is 380 g/mol. The van der Waals surface area contributed by atoms with E-state index in [1.165, 1.54) is 11.8 Å². The van der Waals surface area contributed by atoms with Gasteiger partial charge in [-0.25, -0.2) is 4.68 Å². The Morgan fingerprint density at radius 1 is 1.15 bits per heavy atom. The molecule has 7 heteroatoms. The maximum Gasteiger partial charge on any atom is 0.210 e. The van der Waals surface area contributed by atoms with Crippen LogP contribution in [-0.4, -0.2) is 38.7 Å². The molecule has 3 aromatic rings. The molecule has 1 aliphatic heterocycles. The Balaban J connectivity index is 1.60. The summed E-state index contributed by atoms with van der Waals surface area (Å²) in [6, 6.07) is 19.1. The molecule has 1 aliphatic rings. The Morgan fingerprint density at radius 3 is 2.59 bits per heavy atom. The minimum atomic E-state index is -0.414. The van der Waals surface area contributed by atoms with E-state index in [1.807, 2.05) is 60.7 Å². The number of Topliss-reactive ketones (excluding diaryl/α,β-unsaturated/α-hetero) is 1. The third kappa shape index (κ3) is 4.26. The number of thioether (sulfide) groups is 1. The molecule has 4 rings (SSSR count). The first kappa shape index (κ1) is 17.9. The zero-order valence-corrected chi connectivity index (χ0v) is 15.6. The van der Waals surface area contributed by atoms with Crippen LogP contribution < -0.4 is 0 Å². The molecule has 0 saturated carbocycles. The van der Waals surface area contributed by atoms with Gasteiger partial charge in [-0.2, -0.15) is 0 Å². The Morgan fingerprint density at radius 2 is 1.89 bits per heavy atom. The number of ketones is 1. The molecule has 6 nitrogen and oxygen atoms in total.